The zero-order valence-electron chi connectivity index (χ0n) is 9.05. The van der Waals surface area contributed by atoms with Crippen LogP contribution in [0.3, 0.4) is 0 Å². The maximum absolute atomic E-state index is 5.45. The molecule has 1 atom stereocenters. The molecule has 1 heterocycles. The minimum Gasteiger partial charge on any atom is -0.381 e. The standard InChI is InChI=1S/C11H21NOS/c1-14-11(5-6-11)9-12-10-3-2-7-13-8-4-10/h10,12H,2-9H2,1H3. The van der Waals surface area contributed by atoms with Crippen molar-refractivity contribution in [2.75, 3.05) is 26.0 Å². The van der Waals surface area contributed by atoms with Crippen molar-refractivity contribution >= 4 is 11.8 Å². The zero-order chi connectivity index (χ0) is 9.86. The highest BCUT2D eigenvalue weighted by Gasteiger charge is 2.41. The molecule has 2 nitrogen and oxygen atoms in total. The average molecular weight is 215 g/mol. The Labute approximate surface area is 91.2 Å². The molecule has 1 aliphatic carbocycles. The predicted molar refractivity (Wildman–Crippen MR) is 61.9 cm³/mol. The maximum atomic E-state index is 5.45. The lowest BCUT2D eigenvalue weighted by Crippen LogP contribution is -2.35. The van der Waals surface area contributed by atoms with Gasteiger partial charge in [-0.05, 0) is 38.4 Å². The van der Waals surface area contributed by atoms with Gasteiger partial charge in [0.15, 0.2) is 0 Å². The smallest absolute Gasteiger partial charge is 0.0480 e. The molecule has 2 aliphatic rings. The van der Waals surface area contributed by atoms with Crippen LogP contribution >= 0.6 is 11.8 Å². The number of rotatable bonds is 4. The van der Waals surface area contributed by atoms with Crippen LogP contribution in [0.1, 0.15) is 32.1 Å². The normalized spacial score (nSPS) is 31.1. The van der Waals surface area contributed by atoms with Crippen molar-refractivity contribution in [3.63, 3.8) is 0 Å². The first kappa shape index (κ1) is 10.8. The quantitative estimate of drug-likeness (QED) is 0.775. The van der Waals surface area contributed by atoms with E-state index < -0.39 is 0 Å². The molecule has 0 aromatic rings. The molecule has 14 heavy (non-hydrogen) atoms. The van der Waals surface area contributed by atoms with Gasteiger partial charge in [0, 0.05) is 30.5 Å². The van der Waals surface area contributed by atoms with Gasteiger partial charge in [0.1, 0.15) is 0 Å². The molecule has 1 unspecified atom stereocenters. The van der Waals surface area contributed by atoms with Crippen LogP contribution in [0, 0.1) is 0 Å². The fraction of sp³-hybridized carbons (Fsp3) is 1.00. The largest absolute Gasteiger partial charge is 0.381 e. The van der Waals surface area contributed by atoms with Crippen LogP contribution in [-0.4, -0.2) is 36.8 Å². The molecule has 1 saturated heterocycles. The van der Waals surface area contributed by atoms with Gasteiger partial charge in [-0.1, -0.05) is 0 Å². The number of hydrogen-bond donors (Lipinski definition) is 1. The summed E-state index contributed by atoms with van der Waals surface area (Å²) in [5.41, 5.74) is 0. The molecule has 0 spiro atoms. The van der Waals surface area contributed by atoms with E-state index in [-0.39, 0.29) is 0 Å². The first-order valence-corrected chi connectivity index (χ1v) is 6.93. The molecule has 0 bridgehead atoms. The summed E-state index contributed by atoms with van der Waals surface area (Å²) in [6.45, 7) is 3.12. The third-order valence-electron chi connectivity index (χ3n) is 3.41. The Hall–Kier alpha value is 0.270. The molecule has 3 heteroatoms. The van der Waals surface area contributed by atoms with Crippen molar-refractivity contribution in [1.82, 2.24) is 5.32 Å². The van der Waals surface area contributed by atoms with Gasteiger partial charge in [-0.25, -0.2) is 0 Å². The second-order valence-corrected chi connectivity index (χ2v) is 5.78. The van der Waals surface area contributed by atoms with Crippen LogP contribution in [0.4, 0.5) is 0 Å². The van der Waals surface area contributed by atoms with Crippen LogP contribution in [0.2, 0.25) is 0 Å². The monoisotopic (exact) mass is 215 g/mol. The van der Waals surface area contributed by atoms with E-state index in [0.717, 1.165) is 13.2 Å². The number of ether oxygens (including phenoxy) is 1. The van der Waals surface area contributed by atoms with Gasteiger partial charge in [0.25, 0.3) is 0 Å². The third-order valence-corrected chi connectivity index (χ3v) is 4.82. The van der Waals surface area contributed by atoms with E-state index in [2.05, 4.69) is 11.6 Å². The van der Waals surface area contributed by atoms with Crippen LogP contribution in [0.15, 0.2) is 0 Å². The Kier molecular flexibility index (Phi) is 3.74. The molecule has 82 valence electrons. The third kappa shape index (κ3) is 2.88. The minimum atomic E-state index is 0.604. The molecule has 0 amide bonds. The lowest BCUT2D eigenvalue weighted by Gasteiger charge is -2.19. The molecule has 0 radical (unpaired) electrons. The summed E-state index contributed by atoms with van der Waals surface area (Å²) in [4.78, 5) is 0. The van der Waals surface area contributed by atoms with Crippen molar-refractivity contribution in [2.45, 2.75) is 42.9 Å². The van der Waals surface area contributed by atoms with Crippen molar-refractivity contribution in [1.29, 1.82) is 0 Å². The highest BCUT2D eigenvalue weighted by molar-refractivity contribution is 8.00. The molecular formula is C11H21NOS. The SMILES string of the molecule is CSC1(CNC2CCCOCC2)CC1. The van der Waals surface area contributed by atoms with Gasteiger partial charge >= 0.3 is 0 Å². The van der Waals surface area contributed by atoms with Gasteiger partial charge in [-0.3, -0.25) is 0 Å². The van der Waals surface area contributed by atoms with Crippen LogP contribution in [-0.2, 0) is 4.74 Å². The van der Waals surface area contributed by atoms with Gasteiger partial charge in [0.2, 0.25) is 0 Å². The van der Waals surface area contributed by atoms with E-state index in [0.29, 0.717) is 10.8 Å². The number of thioether (sulfide) groups is 1. The number of hydrogen-bond acceptors (Lipinski definition) is 3. The van der Waals surface area contributed by atoms with E-state index in [1.165, 1.54) is 38.6 Å². The summed E-state index contributed by atoms with van der Waals surface area (Å²) in [6.07, 6.45) is 8.78. The molecular weight excluding hydrogens is 194 g/mol. The van der Waals surface area contributed by atoms with Crippen LogP contribution < -0.4 is 5.32 Å². The molecule has 1 N–H and O–H groups in total. The molecule has 1 saturated carbocycles. The van der Waals surface area contributed by atoms with E-state index >= 15 is 0 Å². The van der Waals surface area contributed by atoms with Gasteiger partial charge in [0.05, 0.1) is 0 Å². The molecule has 2 rings (SSSR count). The predicted octanol–water partition coefficient (Wildman–Crippen LogP) is 2.04. The van der Waals surface area contributed by atoms with Crippen LogP contribution in [0.25, 0.3) is 0 Å². The van der Waals surface area contributed by atoms with Crippen molar-refractivity contribution in [2.24, 2.45) is 0 Å². The fourth-order valence-corrected chi connectivity index (χ4v) is 2.77. The Morgan fingerprint density at radius 1 is 1.36 bits per heavy atom. The topological polar surface area (TPSA) is 21.3 Å². The summed E-state index contributed by atoms with van der Waals surface area (Å²) in [5.74, 6) is 0. The summed E-state index contributed by atoms with van der Waals surface area (Å²) in [5, 5.41) is 3.71. The first-order chi connectivity index (χ1) is 6.85. The van der Waals surface area contributed by atoms with Crippen molar-refractivity contribution in [3.05, 3.63) is 0 Å². The highest BCUT2D eigenvalue weighted by Crippen LogP contribution is 2.46. The molecule has 0 aromatic heterocycles. The van der Waals surface area contributed by atoms with Gasteiger partial charge in [-0.2, -0.15) is 11.8 Å². The summed E-state index contributed by atoms with van der Waals surface area (Å²) < 4.78 is 6.06. The number of nitrogens with one attached hydrogen (secondary N) is 1. The average Bonchev–Trinajstić information content (AvgIpc) is 3.01. The Morgan fingerprint density at radius 2 is 2.21 bits per heavy atom. The van der Waals surface area contributed by atoms with E-state index in [1.807, 2.05) is 11.8 Å². The van der Waals surface area contributed by atoms with Crippen molar-refractivity contribution in [3.8, 4) is 0 Å². The summed E-state index contributed by atoms with van der Waals surface area (Å²) in [7, 11) is 0. The van der Waals surface area contributed by atoms with E-state index in [9.17, 15) is 0 Å². The lowest BCUT2D eigenvalue weighted by atomic mass is 10.1. The second kappa shape index (κ2) is 4.86. The highest BCUT2D eigenvalue weighted by atomic mass is 32.2. The maximum Gasteiger partial charge on any atom is 0.0480 e. The van der Waals surface area contributed by atoms with Crippen molar-refractivity contribution < 1.29 is 4.74 Å². The molecule has 0 aromatic carbocycles. The fourth-order valence-electron chi connectivity index (χ4n) is 2.03. The van der Waals surface area contributed by atoms with Gasteiger partial charge in [-0.15, -0.1) is 0 Å². The van der Waals surface area contributed by atoms with Gasteiger partial charge < -0.3 is 10.1 Å². The Morgan fingerprint density at radius 3 is 2.93 bits per heavy atom. The molecule has 2 fully saturated rings. The summed E-state index contributed by atoms with van der Waals surface area (Å²) >= 11 is 2.04. The van der Waals surface area contributed by atoms with Crippen LogP contribution in [0.5, 0.6) is 0 Å². The van der Waals surface area contributed by atoms with E-state index in [1.54, 1.807) is 0 Å². The zero-order valence-corrected chi connectivity index (χ0v) is 9.87. The Bertz CT molecular complexity index is 174. The van der Waals surface area contributed by atoms with E-state index in [4.69, 9.17) is 4.74 Å². The minimum absolute atomic E-state index is 0.604. The second-order valence-electron chi connectivity index (χ2n) is 4.51. The molecule has 1 aliphatic heterocycles. The first-order valence-electron chi connectivity index (χ1n) is 5.71. The Balaban J connectivity index is 1.68. The summed E-state index contributed by atoms with van der Waals surface area (Å²) in [6, 6.07) is 0.710. The lowest BCUT2D eigenvalue weighted by molar-refractivity contribution is 0.142.